The van der Waals surface area contributed by atoms with Crippen LogP contribution in [0.3, 0.4) is 0 Å². The van der Waals surface area contributed by atoms with Crippen LogP contribution < -0.4 is 5.32 Å². The van der Waals surface area contributed by atoms with E-state index in [0.717, 1.165) is 31.4 Å². The fourth-order valence-corrected chi connectivity index (χ4v) is 3.53. The predicted octanol–water partition coefficient (Wildman–Crippen LogP) is 4.27. The number of hydrogen-bond acceptors (Lipinski definition) is 4. The summed E-state index contributed by atoms with van der Waals surface area (Å²) in [5.74, 6) is -0.857. The van der Waals surface area contributed by atoms with Crippen molar-refractivity contribution in [2.45, 2.75) is 6.92 Å². The molecule has 7 heteroatoms. The number of carbonyl (C=O) groups is 3. The summed E-state index contributed by atoms with van der Waals surface area (Å²) >= 11 is 3.04. The first kappa shape index (κ1) is 18.7. The third-order valence-corrected chi connectivity index (χ3v) is 5.30. The van der Waals surface area contributed by atoms with E-state index in [-0.39, 0.29) is 6.54 Å². The molecule has 0 saturated carbocycles. The molecule has 1 aliphatic heterocycles. The van der Waals surface area contributed by atoms with Gasteiger partial charge in [0.1, 0.15) is 6.54 Å². The zero-order valence-electron chi connectivity index (χ0n) is 13.9. The largest absolute Gasteiger partial charge is 0.325 e. The quantitative estimate of drug-likeness (QED) is 0.527. The van der Waals surface area contributed by atoms with Crippen molar-refractivity contribution in [3.05, 3.63) is 68.1 Å². The number of nitrogens with zero attached hydrogens (tertiary/aromatic N) is 1. The van der Waals surface area contributed by atoms with E-state index in [0.29, 0.717) is 10.6 Å². The van der Waals surface area contributed by atoms with Crippen molar-refractivity contribution in [2.24, 2.45) is 0 Å². The molecule has 3 rings (SSSR count). The Kier molecular flexibility index (Phi) is 5.77. The van der Waals surface area contributed by atoms with Gasteiger partial charge in [-0.2, -0.15) is 0 Å². The number of hydrogen-bond donors (Lipinski definition) is 1. The van der Waals surface area contributed by atoms with Gasteiger partial charge >= 0.3 is 0 Å². The lowest BCUT2D eigenvalue weighted by molar-refractivity contribution is -0.127. The van der Waals surface area contributed by atoms with E-state index in [2.05, 4.69) is 27.9 Å². The molecule has 1 heterocycles. The number of benzene rings is 2. The lowest BCUT2D eigenvalue weighted by Crippen LogP contribution is -2.36. The number of nitrogens with one attached hydrogen (secondary N) is 1. The van der Waals surface area contributed by atoms with E-state index in [4.69, 9.17) is 0 Å². The number of amides is 3. The standard InChI is InChI=1S/C19H15IN2O3S/c1-12-2-8-15(9-3-12)21-17(23)11-22-18(24)16(26-19(22)25)10-13-4-6-14(20)7-5-13/h2-10H,11H2,1H3,(H,21,23)/b16-10+. The van der Waals surface area contributed by atoms with Gasteiger partial charge in [0.15, 0.2) is 0 Å². The molecular formula is C19H15IN2O3S. The van der Waals surface area contributed by atoms with E-state index in [9.17, 15) is 14.4 Å². The molecule has 2 aromatic rings. The number of thioether (sulfide) groups is 1. The summed E-state index contributed by atoms with van der Waals surface area (Å²) in [4.78, 5) is 38.0. The van der Waals surface area contributed by atoms with Crippen LogP contribution in [-0.4, -0.2) is 28.5 Å². The monoisotopic (exact) mass is 478 g/mol. The first-order chi connectivity index (χ1) is 12.4. The molecule has 3 amide bonds. The highest BCUT2D eigenvalue weighted by molar-refractivity contribution is 14.1. The Hall–Kier alpha value is -2.13. The second kappa shape index (κ2) is 8.05. The number of carbonyl (C=O) groups excluding carboxylic acids is 3. The van der Waals surface area contributed by atoms with Crippen molar-refractivity contribution < 1.29 is 14.4 Å². The Balaban J connectivity index is 1.67. The molecule has 1 aliphatic rings. The lowest BCUT2D eigenvalue weighted by Gasteiger charge is -2.12. The summed E-state index contributed by atoms with van der Waals surface area (Å²) in [6, 6.07) is 14.9. The molecule has 5 nitrogen and oxygen atoms in total. The highest BCUT2D eigenvalue weighted by Crippen LogP contribution is 2.32. The topological polar surface area (TPSA) is 66.5 Å². The third kappa shape index (κ3) is 4.53. The summed E-state index contributed by atoms with van der Waals surface area (Å²) in [6.45, 7) is 1.65. The molecular weight excluding hydrogens is 463 g/mol. The minimum atomic E-state index is -0.447. The number of anilines is 1. The predicted molar refractivity (Wildman–Crippen MR) is 112 cm³/mol. The van der Waals surface area contributed by atoms with Gasteiger partial charge in [-0.3, -0.25) is 19.3 Å². The molecule has 1 fully saturated rings. The summed E-state index contributed by atoms with van der Waals surface area (Å²) in [5.41, 5.74) is 2.54. The summed E-state index contributed by atoms with van der Waals surface area (Å²) < 4.78 is 1.08. The molecule has 0 bridgehead atoms. The Morgan fingerprint density at radius 3 is 2.42 bits per heavy atom. The lowest BCUT2D eigenvalue weighted by atomic mass is 10.2. The molecule has 0 aliphatic carbocycles. The maximum absolute atomic E-state index is 12.5. The van der Waals surface area contributed by atoms with Gasteiger partial charge in [0.25, 0.3) is 11.1 Å². The van der Waals surface area contributed by atoms with Gasteiger partial charge in [0, 0.05) is 9.26 Å². The zero-order chi connectivity index (χ0) is 18.7. The molecule has 2 aromatic carbocycles. The second-order valence-corrected chi connectivity index (χ2v) is 7.97. The van der Waals surface area contributed by atoms with Crippen LogP contribution in [0.2, 0.25) is 0 Å². The van der Waals surface area contributed by atoms with Crippen LogP contribution in [-0.2, 0) is 9.59 Å². The molecule has 132 valence electrons. The Morgan fingerprint density at radius 2 is 1.77 bits per heavy atom. The van der Waals surface area contributed by atoms with E-state index >= 15 is 0 Å². The minimum absolute atomic E-state index is 0.303. The van der Waals surface area contributed by atoms with Crippen molar-refractivity contribution in [3.63, 3.8) is 0 Å². The maximum Gasteiger partial charge on any atom is 0.294 e. The summed E-state index contributed by atoms with van der Waals surface area (Å²) in [5, 5.41) is 2.25. The van der Waals surface area contributed by atoms with Gasteiger partial charge in [0.2, 0.25) is 5.91 Å². The molecule has 0 atom stereocenters. The SMILES string of the molecule is Cc1ccc(NC(=O)CN2C(=O)S/C(=C/c3ccc(I)cc3)C2=O)cc1. The average Bonchev–Trinajstić information content (AvgIpc) is 2.86. The number of halogens is 1. The third-order valence-electron chi connectivity index (χ3n) is 3.68. The van der Waals surface area contributed by atoms with Crippen LogP contribution in [0.4, 0.5) is 10.5 Å². The van der Waals surface area contributed by atoms with E-state index in [1.807, 2.05) is 43.3 Å². The number of imide groups is 1. The summed E-state index contributed by atoms with van der Waals surface area (Å²) in [7, 11) is 0. The van der Waals surface area contributed by atoms with Crippen molar-refractivity contribution in [1.82, 2.24) is 4.90 Å². The Labute approximate surface area is 169 Å². The van der Waals surface area contributed by atoms with Gasteiger partial charge in [0.05, 0.1) is 4.91 Å². The first-order valence-corrected chi connectivity index (χ1v) is 9.69. The van der Waals surface area contributed by atoms with Gasteiger partial charge in [-0.05, 0) is 77.2 Å². The highest BCUT2D eigenvalue weighted by Gasteiger charge is 2.36. The van der Waals surface area contributed by atoms with Crippen LogP contribution in [0.25, 0.3) is 6.08 Å². The summed E-state index contributed by atoms with van der Waals surface area (Å²) in [6.07, 6.45) is 1.67. The first-order valence-electron chi connectivity index (χ1n) is 7.80. The normalized spacial score (nSPS) is 15.6. The fourth-order valence-electron chi connectivity index (χ4n) is 2.33. The van der Waals surface area contributed by atoms with E-state index < -0.39 is 17.1 Å². The van der Waals surface area contributed by atoms with Gasteiger partial charge in [-0.15, -0.1) is 0 Å². The van der Waals surface area contributed by atoms with E-state index in [1.54, 1.807) is 18.2 Å². The molecule has 0 radical (unpaired) electrons. The molecule has 1 N–H and O–H groups in total. The molecule has 0 unspecified atom stereocenters. The van der Waals surface area contributed by atoms with Crippen molar-refractivity contribution in [3.8, 4) is 0 Å². The van der Waals surface area contributed by atoms with Gasteiger partial charge in [-0.25, -0.2) is 0 Å². The average molecular weight is 478 g/mol. The smallest absolute Gasteiger partial charge is 0.294 e. The van der Waals surface area contributed by atoms with E-state index in [1.165, 1.54) is 0 Å². The maximum atomic E-state index is 12.5. The van der Waals surface area contributed by atoms with Crippen LogP contribution in [0.1, 0.15) is 11.1 Å². The van der Waals surface area contributed by atoms with Crippen LogP contribution in [0.5, 0.6) is 0 Å². The Morgan fingerprint density at radius 1 is 1.12 bits per heavy atom. The number of rotatable bonds is 4. The van der Waals surface area contributed by atoms with Crippen molar-refractivity contribution in [2.75, 3.05) is 11.9 Å². The van der Waals surface area contributed by atoms with Crippen LogP contribution >= 0.6 is 34.4 Å². The van der Waals surface area contributed by atoms with Crippen LogP contribution in [0.15, 0.2) is 53.4 Å². The van der Waals surface area contributed by atoms with Gasteiger partial charge < -0.3 is 5.32 Å². The van der Waals surface area contributed by atoms with Gasteiger partial charge in [-0.1, -0.05) is 29.8 Å². The zero-order valence-corrected chi connectivity index (χ0v) is 16.8. The highest BCUT2D eigenvalue weighted by atomic mass is 127. The fraction of sp³-hybridized carbons (Fsp3) is 0.105. The van der Waals surface area contributed by atoms with Crippen molar-refractivity contribution >= 4 is 63.2 Å². The van der Waals surface area contributed by atoms with Crippen LogP contribution in [0, 0.1) is 10.5 Å². The number of aryl methyl sites for hydroxylation is 1. The molecule has 26 heavy (non-hydrogen) atoms. The van der Waals surface area contributed by atoms with Crippen molar-refractivity contribution in [1.29, 1.82) is 0 Å². The second-order valence-electron chi connectivity index (χ2n) is 5.73. The Bertz CT molecular complexity index is 892. The molecule has 1 saturated heterocycles. The minimum Gasteiger partial charge on any atom is -0.325 e. The molecule has 0 aromatic heterocycles. The molecule has 0 spiro atoms.